The molecule has 0 atom stereocenters. The molecule has 26 heavy (non-hydrogen) atoms. The quantitative estimate of drug-likeness (QED) is 0.393. The molecule has 1 heterocycles. The molecule has 0 radical (unpaired) electrons. The van der Waals surface area contributed by atoms with Crippen LogP contribution in [0, 0.1) is 0 Å². The lowest BCUT2D eigenvalue weighted by atomic mass is 10.1. The SMILES string of the molecule is Clc1ccccc1CSc1nc(-c2ccccc2)c(-c2ccccc2)[nH]1. The number of hydrogen-bond donors (Lipinski definition) is 1. The van der Waals surface area contributed by atoms with Crippen molar-refractivity contribution in [1.82, 2.24) is 9.97 Å². The summed E-state index contributed by atoms with van der Waals surface area (Å²) in [6.45, 7) is 0. The zero-order chi connectivity index (χ0) is 17.8. The van der Waals surface area contributed by atoms with Crippen LogP contribution in [0.3, 0.4) is 0 Å². The highest BCUT2D eigenvalue weighted by molar-refractivity contribution is 7.98. The van der Waals surface area contributed by atoms with Crippen molar-refractivity contribution in [2.75, 3.05) is 0 Å². The minimum absolute atomic E-state index is 0.773. The second-order valence-electron chi connectivity index (χ2n) is 5.88. The van der Waals surface area contributed by atoms with Crippen molar-refractivity contribution in [1.29, 1.82) is 0 Å². The molecule has 4 heteroatoms. The fourth-order valence-corrected chi connectivity index (χ4v) is 3.96. The van der Waals surface area contributed by atoms with E-state index in [0.717, 1.165) is 44.0 Å². The van der Waals surface area contributed by atoms with Gasteiger partial charge in [-0.2, -0.15) is 0 Å². The Labute approximate surface area is 162 Å². The van der Waals surface area contributed by atoms with E-state index in [1.807, 2.05) is 54.6 Å². The molecular weight excluding hydrogens is 360 g/mol. The van der Waals surface area contributed by atoms with Crippen molar-refractivity contribution in [2.45, 2.75) is 10.9 Å². The summed E-state index contributed by atoms with van der Waals surface area (Å²) in [6, 6.07) is 28.5. The first-order valence-corrected chi connectivity index (χ1v) is 9.74. The number of nitrogens with one attached hydrogen (secondary N) is 1. The number of nitrogens with zero attached hydrogens (tertiary/aromatic N) is 1. The summed E-state index contributed by atoms with van der Waals surface area (Å²) >= 11 is 7.94. The molecule has 0 aliphatic rings. The Kier molecular flexibility index (Phi) is 5.09. The highest BCUT2D eigenvalue weighted by Crippen LogP contribution is 2.34. The van der Waals surface area contributed by atoms with Gasteiger partial charge in [0.25, 0.3) is 0 Å². The van der Waals surface area contributed by atoms with Crippen molar-refractivity contribution in [3.05, 3.63) is 95.5 Å². The van der Waals surface area contributed by atoms with E-state index in [9.17, 15) is 0 Å². The number of imidazole rings is 1. The summed E-state index contributed by atoms with van der Waals surface area (Å²) in [4.78, 5) is 8.36. The fraction of sp³-hybridized carbons (Fsp3) is 0.0455. The average Bonchev–Trinajstić information content (AvgIpc) is 3.13. The Morgan fingerprint density at radius 1 is 0.769 bits per heavy atom. The minimum atomic E-state index is 0.773. The zero-order valence-electron chi connectivity index (χ0n) is 14.0. The molecule has 0 aliphatic heterocycles. The molecule has 0 amide bonds. The van der Waals surface area contributed by atoms with Crippen LogP contribution >= 0.6 is 23.4 Å². The Balaban J connectivity index is 1.68. The molecule has 1 aromatic heterocycles. The third-order valence-corrected chi connectivity index (χ3v) is 5.40. The van der Waals surface area contributed by atoms with Crippen LogP contribution in [0.2, 0.25) is 5.02 Å². The van der Waals surface area contributed by atoms with Crippen molar-refractivity contribution < 1.29 is 0 Å². The van der Waals surface area contributed by atoms with E-state index in [1.165, 1.54) is 0 Å². The molecule has 2 nitrogen and oxygen atoms in total. The van der Waals surface area contributed by atoms with Crippen LogP contribution in [0.1, 0.15) is 5.56 Å². The smallest absolute Gasteiger partial charge is 0.166 e. The van der Waals surface area contributed by atoms with E-state index in [-0.39, 0.29) is 0 Å². The van der Waals surface area contributed by atoms with Crippen molar-refractivity contribution >= 4 is 23.4 Å². The molecule has 0 aliphatic carbocycles. The van der Waals surface area contributed by atoms with Gasteiger partial charge in [-0.1, -0.05) is 102 Å². The molecule has 0 bridgehead atoms. The van der Waals surface area contributed by atoms with Gasteiger partial charge < -0.3 is 4.98 Å². The molecule has 128 valence electrons. The van der Waals surface area contributed by atoms with Gasteiger partial charge in [0.05, 0.1) is 11.4 Å². The number of aromatic nitrogens is 2. The third-order valence-electron chi connectivity index (χ3n) is 4.11. The lowest BCUT2D eigenvalue weighted by molar-refractivity contribution is 1.06. The first kappa shape index (κ1) is 17.0. The Hall–Kier alpha value is -2.49. The van der Waals surface area contributed by atoms with Crippen molar-refractivity contribution in [3.63, 3.8) is 0 Å². The van der Waals surface area contributed by atoms with Gasteiger partial charge in [-0.15, -0.1) is 0 Å². The number of halogens is 1. The molecule has 0 unspecified atom stereocenters. The van der Waals surface area contributed by atoms with E-state index in [0.29, 0.717) is 0 Å². The normalized spacial score (nSPS) is 10.8. The first-order valence-electron chi connectivity index (χ1n) is 8.38. The first-order chi connectivity index (χ1) is 12.8. The fourth-order valence-electron chi connectivity index (χ4n) is 2.80. The van der Waals surface area contributed by atoms with Crippen LogP contribution < -0.4 is 0 Å². The van der Waals surface area contributed by atoms with Crippen LogP contribution in [-0.2, 0) is 5.75 Å². The summed E-state index contributed by atoms with van der Waals surface area (Å²) in [5, 5.41) is 1.68. The summed E-state index contributed by atoms with van der Waals surface area (Å²) < 4.78 is 0. The largest absolute Gasteiger partial charge is 0.332 e. The van der Waals surface area contributed by atoms with E-state index in [4.69, 9.17) is 16.6 Å². The van der Waals surface area contributed by atoms with Gasteiger partial charge >= 0.3 is 0 Å². The molecular formula is C22H17ClN2S. The van der Waals surface area contributed by atoms with Crippen LogP contribution in [0.15, 0.2) is 90.1 Å². The maximum absolute atomic E-state index is 6.27. The van der Waals surface area contributed by atoms with Gasteiger partial charge in [-0.25, -0.2) is 4.98 Å². The number of H-pyrrole nitrogens is 1. The standard InChI is InChI=1S/C22H17ClN2S/c23-19-14-8-7-13-18(19)15-26-22-24-20(16-9-3-1-4-10-16)21(25-22)17-11-5-2-6-12-17/h1-14H,15H2,(H,24,25). The maximum Gasteiger partial charge on any atom is 0.166 e. The van der Waals surface area contributed by atoms with Crippen LogP contribution in [0.25, 0.3) is 22.5 Å². The summed E-state index contributed by atoms with van der Waals surface area (Å²) in [5.41, 5.74) is 5.35. The lowest BCUT2D eigenvalue weighted by Crippen LogP contribution is -1.83. The number of thioether (sulfide) groups is 1. The van der Waals surface area contributed by atoms with Gasteiger partial charge in [0.1, 0.15) is 0 Å². The van der Waals surface area contributed by atoms with Crippen molar-refractivity contribution in [3.8, 4) is 22.5 Å². The average molecular weight is 377 g/mol. The lowest BCUT2D eigenvalue weighted by Gasteiger charge is -2.02. The van der Waals surface area contributed by atoms with E-state index in [2.05, 4.69) is 35.3 Å². The zero-order valence-corrected chi connectivity index (χ0v) is 15.6. The second-order valence-corrected chi connectivity index (χ2v) is 7.25. The minimum Gasteiger partial charge on any atom is -0.332 e. The topological polar surface area (TPSA) is 28.7 Å². The summed E-state index contributed by atoms with van der Waals surface area (Å²) in [6.07, 6.45) is 0. The highest BCUT2D eigenvalue weighted by Gasteiger charge is 2.14. The predicted molar refractivity (Wildman–Crippen MR) is 110 cm³/mol. The number of aromatic amines is 1. The maximum atomic E-state index is 6.27. The second kappa shape index (κ2) is 7.81. The number of benzene rings is 3. The number of rotatable bonds is 5. The van der Waals surface area contributed by atoms with Crippen molar-refractivity contribution in [2.24, 2.45) is 0 Å². The molecule has 0 fully saturated rings. The van der Waals surface area contributed by atoms with E-state index in [1.54, 1.807) is 11.8 Å². The predicted octanol–water partition coefficient (Wildman–Crippen LogP) is 6.69. The van der Waals surface area contributed by atoms with E-state index >= 15 is 0 Å². The van der Waals surface area contributed by atoms with Gasteiger partial charge in [0.15, 0.2) is 5.16 Å². The summed E-state index contributed by atoms with van der Waals surface area (Å²) in [5.74, 6) is 0.773. The third kappa shape index (κ3) is 3.69. The van der Waals surface area contributed by atoms with Crippen LogP contribution in [0.4, 0.5) is 0 Å². The highest BCUT2D eigenvalue weighted by atomic mass is 35.5. The molecule has 4 rings (SSSR count). The van der Waals surface area contributed by atoms with Crippen LogP contribution in [0.5, 0.6) is 0 Å². The molecule has 0 spiro atoms. The monoisotopic (exact) mass is 376 g/mol. The van der Waals surface area contributed by atoms with Crippen LogP contribution in [-0.4, -0.2) is 9.97 Å². The Morgan fingerprint density at radius 2 is 1.38 bits per heavy atom. The molecule has 4 aromatic rings. The van der Waals surface area contributed by atoms with Gasteiger partial charge in [0.2, 0.25) is 0 Å². The molecule has 0 saturated heterocycles. The summed E-state index contributed by atoms with van der Waals surface area (Å²) in [7, 11) is 0. The van der Waals surface area contributed by atoms with Gasteiger partial charge in [-0.05, 0) is 11.6 Å². The Bertz CT molecular complexity index is 940. The van der Waals surface area contributed by atoms with Gasteiger partial charge in [-0.3, -0.25) is 0 Å². The number of hydrogen-bond acceptors (Lipinski definition) is 2. The van der Waals surface area contributed by atoms with E-state index < -0.39 is 0 Å². The Morgan fingerprint density at radius 3 is 2.08 bits per heavy atom. The molecule has 3 aromatic carbocycles. The molecule has 1 N–H and O–H groups in total. The van der Waals surface area contributed by atoms with Gasteiger partial charge in [0, 0.05) is 21.9 Å². The molecule has 0 saturated carbocycles.